The van der Waals surface area contributed by atoms with Gasteiger partial charge in [0.1, 0.15) is 11.2 Å². The number of aromatic nitrogens is 1. The molecule has 1 aliphatic heterocycles. The maximum Gasteiger partial charge on any atom is 0.253 e. The lowest BCUT2D eigenvalue weighted by atomic mass is 9.89. The van der Waals surface area contributed by atoms with Crippen molar-refractivity contribution in [1.82, 2.24) is 10.3 Å². The van der Waals surface area contributed by atoms with Crippen molar-refractivity contribution in [2.45, 2.75) is 52.5 Å². The molecule has 0 saturated carbocycles. The summed E-state index contributed by atoms with van der Waals surface area (Å²) in [4.78, 5) is 21.1. The Morgan fingerprint density at radius 2 is 2.10 bits per heavy atom. The fourth-order valence-electron chi connectivity index (χ4n) is 2.15. The van der Waals surface area contributed by atoms with Gasteiger partial charge >= 0.3 is 0 Å². The molecule has 0 saturated heterocycles. The summed E-state index contributed by atoms with van der Waals surface area (Å²) in [5, 5.41) is 2.85. The zero-order chi connectivity index (χ0) is 14.8. The monoisotopic (exact) mass is 273 g/mol. The Morgan fingerprint density at radius 3 is 2.60 bits per heavy atom. The number of carbonyl (C=O) groups is 1. The highest BCUT2D eigenvalue weighted by molar-refractivity contribution is 6.14. The molecule has 2 rings (SSSR count). The van der Waals surface area contributed by atoms with Crippen molar-refractivity contribution < 1.29 is 4.79 Å². The highest BCUT2D eigenvalue weighted by atomic mass is 16.2. The van der Waals surface area contributed by atoms with E-state index in [1.165, 1.54) is 18.4 Å². The van der Waals surface area contributed by atoms with E-state index < -0.39 is 5.54 Å². The zero-order valence-corrected chi connectivity index (χ0v) is 12.7. The molecule has 4 heteroatoms. The number of aryl methyl sites for hydroxylation is 1. The third kappa shape index (κ3) is 2.74. The molecule has 1 amide bonds. The highest BCUT2D eigenvalue weighted by Gasteiger charge is 2.42. The third-order valence-corrected chi connectivity index (χ3v) is 4.05. The smallest absolute Gasteiger partial charge is 0.253 e. The molecule has 0 aliphatic carbocycles. The van der Waals surface area contributed by atoms with E-state index in [1.54, 1.807) is 0 Å². The van der Waals surface area contributed by atoms with Gasteiger partial charge in [-0.1, -0.05) is 33.3 Å². The van der Waals surface area contributed by atoms with E-state index in [0.29, 0.717) is 5.84 Å². The quantitative estimate of drug-likeness (QED) is 0.896. The molecule has 1 atom stereocenters. The van der Waals surface area contributed by atoms with Gasteiger partial charge in [0.05, 0.1) is 0 Å². The highest BCUT2D eigenvalue weighted by Crippen LogP contribution is 2.26. The van der Waals surface area contributed by atoms with Gasteiger partial charge in [0.25, 0.3) is 5.91 Å². The predicted octanol–water partition coefficient (Wildman–Crippen LogP) is 2.72. The SMILES string of the molecule is CCCCc1ccc(C2=NC(C)(C(C)C)C(=O)N2)nc1. The number of amides is 1. The van der Waals surface area contributed by atoms with Gasteiger partial charge in [0.2, 0.25) is 0 Å². The minimum Gasteiger partial charge on any atom is -0.307 e. The second-order valence-electron chi connectivity index (χ2n) is 5.87. The Labute approximate surface area is 120 Å². The van der Waals surface area contributed by atoms with Crippen LogP contribution < -0.4 is 5.32 Å². The Hall–Kier alpha value is -1.71. The molecule has 1 N–H and O–H groups in total. The van der Waals surface area contributed by atoms with Crippen LogP contribution in [0, 0.1) is 5.92 Å². The molecule has 0 aromatic carbocycles. The second-order valence-corrected chi connectivity index (χ2v) is 5.87. The Bertz CT molecular complexity index is 519. The lowest BCUT2D eigenvalue weighted by Gasteiger charge is -2.21. The average molecular weight is 273 g/mol. The van der Waals surface area contributed by atoms with E-state index in [2.05, 4.69) is 28.3 Å². The predicted molar refractivity (Wildman–Crippen MR) is 80.8 cm³/mol. The maximum atomic E-state index is 12.1. The van der Waals surface area contributed by atoms with Gasteiger partial charge < -0.3 is 5.32 Å². The van der Waals surface area contributed by atoms with Gasteiger partial charge in [0.15, 0.2) is 5.84 Å². The third-order valence-electron chi connectivity index (χ3n) is 4.05. The molecule has 4 nitrogen and oxygen atoms in total. The molecule has 1 aromatic heterocycles. The zero-order valence-electron chi connectivity index (χ0n) is 12.7. The fourth-order valence-corrected chi connectivity index (χ4v) is 2.15. The van der Waals surface area contributed by atoms with E-state index in [1.807, 2.05) is 33.0 Å². The maximum absolute atomic E-state index is 12.1. The van der Waals surface area contributed by atoms with Crippen molar-refractivity contribution in [2.24, 2.45) is 10.9 Å². The summed E-state index contributed by atoms with van der Waals surface area (Å²) >= 11 is 0. The number of carbonyl (C=O) groups excluding carboxylic acids is 1. The van der Waals surface area contributed by atoms with Gasteiger partial charge in [-0.25, -0.2) is 4.99 Å². The molecular formula is C16H23N3O. The van der Waals surface area contributed by atoms with Crippen LogP contribution in [-0.2, 0) is 11.2 Å². The Balaban J connectivity index is 2.19. The summed E-state index contributed by atoms with van der Waals surface area (Å²) in [6.45, 7) is 8.06. The van der Waals surface area contributed by atoms with E-state index in [9.17, 15) is 4.79 Å². The van der Waals surface area contributed by atoms with Crippen LogP contribution >= 0.6 is 0 Å². The number of unbranched alkanes of at least 4 members (excludes halogenated alkanes) is 1. The summed E-state index contributed by atoms with van der Waals surface area (Å²) in [6.07, 6.45) is 5.28. The first-order valence-corrected chi connectivity index (χ1v) is 7.34. The summed E-state index contributed by atoms with van der Waals surface area (Å²) in [5.74, 6) is 0.705. The first-order valence-electron chi connectivity index (χ1n) is 7.34. The van der Waals surface area contributed by atoms with E-state index in [-0.39, 0.29) is 11.8 Å². The first-order chi connectivity index (χ1) is 9.47. The van der Waals surface area contributed by atoms with E-state index in [4.69, 9.17) is 0 Å². The van der Waals surface area contributed by atoms with Crippen molar-refractivity contribution in [3.05, 3.63) is 29.6 Å². The number of pyridine rings is 1. The van der Waals surface area contributed by atoms with Crippen LogP contribution in [0.15, 0.2) is 23.3 Å². The lowest BCUT2D eigenvalue weighted by molar-refractivity contribution is -0.124. The lowest BCUT2D eigenvalue weighted by Crippen LogP contribution is -2.41. The van der Waals surface area contributed by atoms with Gasteiger partial charge in [-0.15, -0.1) is 0 Å². The normalized spacial score (nSPS) is 22.1. The summed E-state index contributed by atoms with van der Waals surface area (Å²) in [5.41, 5.74) is 1.29. The molecule has 108 valence electrons. The molecule has 0 radical (unpaired) electrons. The number of hydrogen-bond acceptors (Lipinski definition) is 3. The molecule has 0 bridgehead atoms. The summed E-state index contributed by atoms with van der Waals surface area (Å²) < 4.78 is 0. The first kappa shape index (κ1) is 14.7. The standard InChI is InChI=1S/C16H23N3O/c1-5-6-7-12-8-9-13(17-10-12)14-18-15(20)16(4,19-14)11(2)3/h8-11H,5-7H2,1-4H3,(H,18,19,20). The van der Waals surface area contributed by atoms with Crippen LogP contribution in [0.1, 0.15) is 51.8 Å². The molecule has 2 heterocycles. The minimum atomic E-state index is -0.683. The number of rotatable bonds is 5. The van der Waals surface area contributed by atoms with Crippen LogP contribution in [0.4, 0.5) is 0 Å². The molecule has 1 unspecified atom stereocenters. The number of hydrogen-bond donors (Lipinski definition) is 1. The van der Waals surface area contributed by atoms with Crippen LogP contribution in [0.25, 0.3) is 0 Å². The van der Waals surface area contributed by atoms with Crippen molar-refractivity contribution >= 4 is 11.7 Å². The number of nitrogens with zero attached hydrogens (tertiary/aromatic N) is 2. The second kappa shape index (κ2) is 5.73. The van der Waals surface area contributed by atoms with Crippen molar-refractivity contribution in [2.75, 3.05) is 0 Å². The van der Waals surface area contributed by atoms with Crippen LogP contribution in [-0.4, -0.2) is 22.3 Å². The van der Waals surface area contributed by atoms with Gasteiger partial charge in [-0.3, -0.25) is 9.78 Å². The molecule has 0 spiro atoms. The van der Waals surface area contributed by atoms with Crippen molar-refractivity contribution in [3.63, 3.8) is 0 Å². The average Bonchev–Trinajstić information content (AvgIpc) is 2.74. The van der Waals surface area contributed by atoms with Gasteiger partial charge in [-0.2, -0.15) is 0 Å². The molecule has 20 heavy (non-hydrogen) atoms. The van der Waals surface area contributed by atoms with Crippen LogP contribution in [0.3, 0.4) is 0 Å². The minimum absolute atomic E-state index is 0.0423. The van der Waals surface area contributed by atoms with Gasteiger partial charge in [0, 0.05) is 6.20 Å². The van der Waals surface area contributed by atoms with Crippen molar-refractivity contribution in [3.8, 4) is 0 Å². The molecule has 1 aliphatic rings. The Kier molecular flexibility index (Phi) is 4.21. The Morgan fingerprint density at radius 1 is 1.35 bits per heavy atom. The largest absolute Gasteiger partial charge is 0.307 e. The molecule has 0 fully saturated rings. The molecular weight excluding hydrogens is 250 g/mol. The van der Waals surface area contributed by atoms with Crippen LogP contribution in [0.2, 0.25) is 0 Å². The van der Waals surface area contributed by atoms with E-state index >= 15 is 0 Å². The molecule has 1 aromatic rings. The summed E-state index contributed by atoms with van der Waals surface area (Å²) in [6, 6.07) is 4.01. The number of nitrogens with one attached hydrogen (secondary N) is 1. The van der Waals surface area contributed by atoms with Crippen LogP contribution in [0.5, 0.6) is 0 Å². The number of amidine groups is 1. The summed E-state index contributed by atoms with van der Waals surface area (Å²) in [7, 11) is 0. The van der Waals surface area contributed by atoms with Gasteiger partial charge in [-0.05, 0) is 37.3 Å². The number of aliphatic imine (C=N–C) groups is 1. The fraction of sp³-hybridized carbons (Fsp3) is 0.562. The topological polar surface area (TPSA) is 54.4 Å². The van der Waals surface area contributed by atoms with E-state index in [0.717, 1.165) is 12.1 Å². The van der Waals surface area contributed by atoms with Crippen molar-refractivity contribution in [1.29, 1.82) is 0 Å².